The van der Waals surface area contributed by atoms with E-state index in [1.807, 2.05) is 11.0 Å². The van der Waals surface area contributed by atoms with Gasteiger partial charge in [-0.15, -0.1) is 10.2 Å². The SMILES string of the molecule is CC1CCN(c2nnc(SCC(=O)N3CCN(c4ncccn4)CC3)n2C2CC2)CC1. The molecule has 5 rings (SSSR count). The Bertz CT molecular complexity index is 886. The molecule has 10 heteroatoms. The average Bonchev–Trinajstić information content (AvgIpc) is 3.57. The minimum atomic E-state index is 0.164. The number of piperazine rings is 1. The van der Waals surface area contributed by atoms with Crippen LogP contribution in [0.4, 0.5) is 11.9 Å². The van der Waals surface area contributed by atoms with Crippen molar-refractivity contribution in [2.24, 2.45) is 5.92 Å². The normalized spacial score (nSPS) is 20.4. The lowest BCUT2D eigenvalue weighted by molar-refractivity contribution is -0.128. The number of hydrogen-bond acceptors (Lipinski definition) is 8. The fourth-order valence-corrected chi connectivity index (χ4v) is 5.18. The van der Waals surface area contributed by atoms with Gasteiger partial charge >= 0.3 is 0 Å². The van der Waals surface area contributed by atoms with Gasteiger partial charge in [0.05, 0.1) is 5.75 Å². The molecule has 2 aromatic rings. The number of piperidine rings is 1. The van der Waals surface area contributed by atoms with Crippen LogP contribution in [0, 0.1) is 5.92 Å². The van der Waals surface area contributed by atoms with Crippen LogP contribution in [0.1, 0.15) is 38.6 Å². The summed E-state index contributed by atoms with van der Waals surface area (Å²) in [4.78, 5) is 27.9. The molecule has 1 saturated carbocycles. The lowest BCUT2D eigenvalue weighted by Crippen LogP contribution is -2.49. The Hall–Kier alpha value is -2.36. The number of amides is 1. The van der Waals surface area contributed by atoms with Crippen LogP contribution in [0.2, 0.25) is 0 Å². The number of carbonyl (C=O) groups is 1. The van der Waals surface area contributed by atoms with E-state index in [0.29, 0.717) is 24.9 Å². The fraction of sp³-hybridized carbons (Fsp3) is 0.667. The van der Waals surface area contributed by atoms with Gasteiger partial charge in [0.15, 0.2) is 5.16 Å². The zero-order valence-corrected chi connectivity index (χ0v) is 18.9. The second-order valence-electron chi connectivity index (χ2n) is 8.76. The Morgan fingerprint density at radius 3 is 2.35 bits per heavy atom. The summed E-state index contributed by atoms with van der Waals surface area (Å²) in [6.07, 6.45) is 8.29. The van der Waals surface area contributed by atoms with Crippen molar-refractivity contribution < 1.29 is 4.79 Å². The lowest BCUT2D eigenvalue weighted by Gasteiger charge is -2.34. The van der Waals surface area contributed by atoms with E-state index in [0.717, 1.165) is 49.2 Å². The highest BCUT2D eigenvalue weighted by atomic mass is 32.2. The Balaban J connectivity index is 1.17. The topological polar surface area (TPSA) is 83.3 Å². The number of thioether (sulfide) groups is 1. The molecule has 0 unspecified atom stereocenters. The highest BCUT2D eigenvalue weighted by Crippen LogP contribution is 2.41. The highest BCUT2D eigenvalue weighted by molar-refractivity contribution is 7.99. The fourth-order valence-electron chi connectivity index (χ4n) is 4.27. The molecule has 9 nitrogen and oxygen atoms in total. The van der Waals surface area contributed by atoms with Gasteiger partial charge < -0.3 is 14.7 Å². The van der Waals surface area contributed by atoms with Gasteiger partial charge in [0.25, 0.3) is 0 Å². The van der Waals surface area contributed by atoms with Gasteiger partial charge in [-0.1, -0.05) is 18.7 Å². The summed E-state index contributed by atoms with van der Waals surface area (Å²) >= 11 is 1.53. The summed E-state index contributed by atoms with van der Waals surface area (Å²) in [6, 6.07) is 2.31. The first-order valence-electron chi connectivity index (χ1n) is 11.3. The molecule has 1 aliphatic carbocycles. The van der Waals surface area contributed by atoms with Crippen molar-refractivity contribution >= 4 is 29.6 Å². The van der Waals surface area contributed by atoms with E-state index in [4.69, 9.17) is 0 Å². The van der Waals surface area contributed by atoms with Crippen LogP contribution in [-0.4, -0.2) is 80.6 Å². The van der Waals surface area contributed by atoms with E-state index in [-0.39, 0.29) is 5.91 Å². The first-order valence-corrected chi connectivity index (χ1v) is 12.3. The molecule has 3 fully saturated rings. The molecule has 3 aliphatic rings. The summed E-state index contributed by atoms with van der Waals surface area (Å²) in [6.45, 7) is 7.33. The molecule has 0 spiro atoms. The van der Waals surface area contributed by atoms with E-state index < -0.39 is 0 Å². The minimum absolute atomic E-state index is 0.164. The molecule has 0 N–H and O–H groups in total. The largest absolute Gasteiger partial charge is 0.341 e. The van der Waals surface area contributed by atoms with Crippen LogP contribution in [0.25, 0.3) is 0 Å². The molecule has 4 heterocycles. The number of rotatable bonds is 6. The van der Waals surface area contributed by atoms with Gasteiger partial charge in [0.2, 0.25) is 17.8 Å². The molecule has 2 saturated heterocycles. The van der Waals surface area contributed by atoms with Crippen LogP contribution in [0.15, 0.2) is 23.6 Å². The predicted molar refractivity (Wildman–Crippen MR) is 120 cm³/mol. The van der Waals surface area contributed by atoms with Crippen LogP contribution < -0.4 is 9.80 Å². The molecule has 0 aromatic carbocycles. The van der Waals surface area contributed by atoms with E-state index in [1.54, 1.807) is 12.4 Å². The summed E-state index contributed by atoms with van der Waals surface area (Å²) in [7, 11) is 0. The third kappa shape index (κ3) is 4.63. The second-order valence-corrected chi connectivity index (χ2v) is 9.70. The zero-order chi connectivity index (χ0) is 21.2. The Morgan fingerprint density at radius 1 is 0.968 bits per heavy atom. The Morgan fingerprint density at radius 2 is 1.68 bits per heavy atom. The number of anilines is 2. The van der Waals surface area contributed by atoms with E-state index >= 15 is 0 Å². The molecule has 0 atom stereocenters. The highest BCUT2D eigenvalue weighted by Gasteiger charge is 2.33. The van der Waals surface area contributed by atoms with Crippen LogP contribution in [-0.2, 0) is 4.79 Å². The predicted octanol–water partition coefficient (Wildman–Crippen LogP) is 2.08. The van der Waals surface area contributed by atoms with E-state index in [1.165, 1.54) is 37.4 Å². The van der Waals surface area contributed by atoms with Gasteiger partial charge in [-0.2, -0.15) is 0 Å². The minimum Gasteiger partial charge on any atom is -0.341 e. The van der Waals surface area contributed by atoms with Crippen LogP contribution >= 0.6 is 11.8 Å². The van der Waals surface area contributed by atoms with Crippen molar-refractivity contribution in [3.8, 4) is 0 Å². The maximum absolute atomic E-state index is 12.8. The average molecular weight is 443 g/mol. The molecule has 31 heavy (non-hydrogen) atoms. The standard InChI is InChI=1S/C21H30N8OS/c1-16-5-9-28(10-6-16)20-24-25-21(29(20)17-3-4-17)31-15-18(30)26-11-13-27(14-12-26)19-22-7-2-8-23-19/h2,7-8,16-17H,3-6,9-15H2,1H3. The van der Waals surface area contributed by atoms with E-state index in [9.17, 15) is 4.79 Å². The Kier molecular flexibility index (Phi) is 5.97. The smallest absolute Gasteiger partial charge is 0.233 e. The van der Waals surface area contributed by atoms with Gasteiger partial charge in [-0.25, -0.2) is 9.97 Å². The number of carbonyl (C=O) groups excluding carboxylic acids is 1. The molecule has 0 bridgehead atoms. The van der Waals surface area contributed by atoms with E-state index in [2.05, 4.69) is 41.5 Å². The van der Waals surface area contributed by atoms with Crippen LogP contribution in [0.3, 0.4) is 0 Å². The third-order valence-electron chi connectivity index (χ3n) is 6.42. The first-order chi connectivity index (χ1) is 15.2. The number of hydrogen-bond donors (Lipinski definition) is 0. The summed E-state index contributed by atoms with van der Waals surface area (Å²) in [5, 5.41) is 9.90. The van der Waals surface area contributed by atoms with Crippen molar-refractivity contribution in [3.05, 3.63) is 18.5 Å². The van der Waals surface area contributed by atoms with Crippen molar-refractivity contribution in [3.63, 3.8) is 0 Å². The monoisotopic (exact) mass is 442 g/mol. The maximum Gasteiger partial charge on any atom is 0.233 e. The maximum atomic E-state index is 12.8. The number of nitrogens with zero attached hydrogens (tertiary/aromatic N) is 8. The third-order valence-corrected chi connectivity index (χ3v) is 7.34. The lowest BCUT2D eigenvalue weighted by atomic mass is 10.00. The Labute approximate surface area is 187 Å². The van der Waals surface area contributed by atoms with Gasteiger partial charge in [-0.3, -0.25) is 9.36 Å². The molecule has 2 aromatic heterocycles. The van der Waals surface area contributed by atoms with Crippen molar-refractivity contribution in [2.45, 2.75) is 43.8 Å². The van der Waals surface area contributed by atoms with Crippen LogP contribution in [0.5, 0.6) is 0 Å². The number of aromatic nitrogens is 5. The summed E-state index contributed by atoms with van der Waals surface area (Å²) in [5.41, 5.74) is 0. The summed E-state index contributed by atoms with van der Waals surface area (Å²) in [5.74, 6) is 3.09. The van der Waals surface area contributed by atoms with Gasteiger partial charge in [0.1, 0.15) is 0 Å². The zero-order valence-electron chi connectivity index (χ0n) is 18.1. The van der Waals surface area contributed by atoms with Crippen molar-refractivity contribution in [1.29, 1.82) is 0 Å². The quantitative estimate of drug-likeness (QED) is 0.629. The molecule has 166 valence electrons. The van der Waals surface area contributed by atoms with Crippen molar-refractivity contribution in [1.82, 2.24) is 29.6 Å². The van der Waals surface area contributed by atoms with Gasteiger partial charge in [0, 0.05) is 57.7 Å². The molecular weight excluding hydrogens is 412 g/mol. The first kappa shape index (κ1) is 20.5. The van der Waals surface area contributed by atoms with Crippen molar-refractivity contribution in [2.75, 3.05) is 54.8 Å². The molecule has 1 amide bonds. The molecular formula is C21H30N8OS. The molecule has 2 aliphatic heterocycles. The second kappa shape index (κ2) is 9.02. The van der Waals surface area contributed by atoms with Gasteiger partial charge in [-0.05, 0) is 37.7 Å². The summed E-state index contributed by atoms with van der Waals surface area (Å²) < 4.78 is 2.29. The molecule has 0 radical (unpaired) electrons.